The van der Waals surface area contributed by atoms with Gasteiger partial charge < -0.3 is 64.0 Å². The first-order valence-corrected chi connectivity index (χ1v) is 23.7. The number of nitrogens with two attached hydrogens (primary N) is 1. The van der Waals surface area contributed by atoms with Crippen LogP contribution in [0, 0.1) is 0 Å². The van der Waals surface area contributed by atoms with Gasteiger partial charge in [0.2, 0.25) is 10.9 Å². The summed E-state index contributed by atoms with van der Waals surface area (Å²) in [5.41, 5.74) is 7.63. The number of nitrogen functional groups attached to an aromatic ring is 1. The largest absolute Gasteiger partial charge is 0.513 e. The Morgan fingerprint density at radius 1 is 0.532 bits per heavy atom. The van der Waals surface area contributed by atoms with E-state index in [9.17, 15) is 38.4 Å². The van der Waals surface area contributed by atoms with Crippen LogP contribution >= 0.6 is 0 Å². The molecule has 6 rings (SSSR count). The monoisotopic (exact) mass is 1070 g/mol. The average Bonchev–Trinajstić information content (AvgIpc) is 3.37. The lowest BCUT2D eigenvalue weighted by molar-refractivity contribution is 0.0566. The normalized spacial score (nSPS) is 11.4. The molecule has 0 saturated carbocycles. The second kappa shape index (κ2) is 25.1. The van der Waals surface area contributed by atoms with Gasteiger partial charge in [-0.3, -0.25) is 14.4 Å². The molecule has 6 N–H and O–H groups in total. The highest BCUT2D eigenvalue weighted by atomic mass is 16.7. The first-order valence-electron chi connectivity index (χ1n) is 23.7. The molecule has 0 unspecified atom stereocenters. The highest BCUT2D eigenvalue weighted by Gasteiger charge is 2.34. The van der Waals surface area contributed by atoms with E-state index in [0.29, 0.717) is 49.9 Å². The summed E-state index contributed by atoms with van der Waals surface area (Å²) in [7, 11) is 4.84. The Balaban J connectivity index is 0.000000279. The Morgan fingerprint density at radius 3 is 1.34 bits per heavy atom. The van der Waals surface area contributed by atoms with Gasteiger partial charge in [-0.05, 0) is 58.4 Å². The van der Waals surface area contributed by atoms with Crippen LogP contribution in [0.5, 0.6) is 11.5 Å². The smallest absolute Gasteiger partial charge is 0.477 e. The number of aromatic amines is 2. The van der Waals surface area contributed by atoms with Crippen LogP contribution in [0.1, 0.15) is 112 Å². The molecule has 21 heteroatoms. The maximum atomic E-state index is 13.3. The molecule has 0 aliphatic rings. The molecule has 6 aromatic rings. The third-order valence-corrected chi connectivity index (χ3v) is 11.8. The standard InChI is InChI=1S/C28H32N2O8.C18H27NO6.C10H7NO3/c1-27(2,3)18-12-19(28(4,5)15-37-25(33)35-6)22(38-26(34)36-7)13-21(18)30-24(32)17-14-29-20-11-9-8-10-16(20)23(17)31;1-17(2,3)11-8-12(18(4,5)10-24-15(20)22-6)14(9-13(11)19)25-16(21)23-7;12-9-6-3-1-2-4-8(6)11-5-7(9)10(13)14/h8-14H,15H2,1-7H3,(H,29,31)(H,30,32);8-9H,10,19H2,1-7H3;1-5H,(H,11,12)(H,13,14). The van der Waals surface area contributed by atoms with Crippen LogP contribution in [0.4, 0.5) is 30.6 Å². The van der Waals surface area contributed by atoms with Crippen molar-refractivity contribution in [3.05, 3.63) is 139 Å². The maximum Gasteiger partial charge on any atom is 0.513 e. The minimum atomic E-state index is -1.21. The molecular weight excluding hydrogens is 1000 g/mol. The highest BCUT2D eigenvalue weighted by Crippen LogP contribution is 2.42. The molecule has 2 heterocycles. The van der Waals surface area contributed by atoms with Crippen LogP contribution in [0.3, 0.4) is 0 Å². The number of ether oxygens (including phenoxy) is 8. The van der Waals surface area contributed by atoms with Crippen molar-refractivity contribution in [2.75, 3.05) is 52.7 Å². The summed E-state index contributed by atoms with van der Waals surface area (Å²) >= 11 is 0. The second-order valence-electron chi connectivity index (χ2n) is 20.6. The summed E-state index contributed by atoms with van der Waals surface area (Å²) in [5.74, 6) is -1.49. The summed E-state index contributed by atoms with van der Waals surface area (Å²) in [5, 5.41) is 12.3. The van der Waals surface area contributed by atoms with Crippen molar-refractivity contribution < 1.29 is 71.8 Å². The number of para-hydroxylation sites is 2. The number of carbonyl (C=O) groups is 6. The molecule has 77 heavy (non-hydrogen) atoms. The number of carboxylic acids is 1. The summed E-state index contributed by atoms with van der Waals surface area (Å²) < 4.78 is 39.3. The lowest BCUT2D eigenvalue weighted by Gasteiger charge is -2.31. The molecule has 0 radical (unpaired) electrons. The number of hydrogen-bond acceptors (Lipinski definition) is 17. The molecule has 0 aliphatic carbocycles. The molecule has 0 saturated heterocycles. The number of carbonyl (C=O) groups excluding carboxylic acids is 5. The number of H-pyrrole nitrogens is 2. The van der Waals surface area contributed by atoms with Gasteiger partial charge in [-0.1, -0.05) is 93.5 Å². The highest BCUT2D eigenvalue weighted by molar-refractivity contribution is 6.06. The van der Waals surface area contributed by atoms with Gasteiger partial charge in [0.25, 0.3) is 5.91 Å². The quantitative estimate of drug-likeness (QED) is 0.0349. The second-order valence-corrected chi connectivity index (χ2v) is 20.6. The number of fused-ring (bicyclic) bond motifs is 2. The van der Waals surface area contributed by atoms with Crippen molar-refractivity contribution in [3.63, 3.8) is 0 Å². The number of aromatic carboxylic acids is 1. The van der Waals surface area contributed by atoms with Gasteiger partial charge in [-0.15, -0.1) is 0 Å². The molecule has 4 aromatic carbocycles. The molecule has 1 amide bonds. The van der Waals surface area contributed by atoms with Crippen LogP contribution in [0.2, 0.25) is 0 Å². The average molecular weight is 1070 g/mol. The SMILES string of the molecule is COC(=O)OCC(C)(C)c1cc(C(C)(C)C)c(N)cc1OC(=O)OC.COC(=O)OCC(C)(C)c1cc(C(C)(C)C)c(NC(=O)c2c[nH]c3ccccc3c2=O)cc1OC(=O)OC.O=C(O)c1c[nH]c2ccccc2c1=O. The van der Waals surface area contributed by atoms with E-state index in [1.165, 1.54) is 46.9 Å². The molecule has 0 fully saturated rings. The van der Waals surface area contributed by atoms with Gasteiger partial charge in [-0.2, -0.15) is 0 Å². The van der Waals surface area contributed by atoms with Crippen LogP contribution in [-0.2, 0) is 50.1 Å². The molecule has 2 aromatic heterocycles. The first-order chi connectivity index (χ1) is 35.9. The van der Waals surface area contributed by atoms with Gasteiger partial charge in [0.05, 0.1) is 28.4 Å². The van der Waals surface area contributed by atoms with Crippen molar-refractivity contribution in [1.82, 2.24) is 9.97 Å². The zero-order valence-electron chi connectivity index (χ0n) is 45.6. The predicted molar refractivity (Wildman–Crippen MR) is 288 cm³/mol. The van der Waals surface area contributed by atoms with Crippen LogP contribution in [-0.4, -0.2) is 93.2 Å². The van der Waals surface area contributed by atoms with Crippen LogP contribution in [0.15, 0.2) is 94.8 Å². The lowest BCUT2D eigenvalue weighted by atomic mass is 9.78. The number of anilines is 2. The van der Waals surface area contributed by atoms with E-state index in [2.05, 4.69) is 34.2 Å². The van der Waals surface area contributed by atoms with E-state index in [0.717, 1.165) is 5.56 Å². The molecule has 0 atom stereocenters. The molecule has 0 bridgehead atoms. The minimum Gasteiger partial charge on any atom is -0.477 e. The van der Waals surface area contributed by atoms with E-state index >= 15 is 0 Å². The summed E-state index contributed by atoms with van der Waals surface area (Å²) in [6.07, 6.45) is -0.877. The van der Waals surface area contributed by atoms with Crippen molar-refractivity contribution in [2.45, 2.75) is 90.9 Å². The van der Waals surface area contributed by atoms with Gasteiger partial charge in [-0.25, -0.2) is 24.0 Å². The zero-order valence-corrected chi connectivity index (χ0v) is 45.6. The molecule has 21 nitrogen and oxygen atoms in total. The van der Waals surface area contributed by atoms with E-state index in [1.54, 1.807) is 74.5 Å². The Bertz CT molecular complexity index is 3290. The summed E-state index contributed by atoms with van der Waals surface area (Å²) in [4.78, 5) is 101. The van der Waals surface area contributed by atoms with Crippen molar-refractivity contribution in [2.24, 2.45) is 0 Å². The summed E-state index contributed by atoms with van der Waals surface area (Å²) in [6, 6.07) is 20.4. The van der Waals surface area contributed by atoms with Crippen molar-refractivity contribution >= 4 is 69.7 Å². The Kier molecular flexibility index (Phi) is 19.8. The molecule has 0 aliphatic heterocycles. The number of rotatable bonds is 11. The van der Waals surface area contributed by atoms with Gasteiger partial charge in [0, 0.05) is 79.7 Å². The Hall–Kier alpha value is -8.88. The number of benzene rings is 4. The lowest BCUT2D eigenvalue weighted by Crippen LogP contribution is -2.29. The fraction of sp³-hybridized carbons (Fsp3) is 0.357. The van der Waals surface area contributed by atoms with Crippen LogP contribution in [0.25, 0.3) is 21.8 Å². The zero-order chi connectivity index (χ0) is 57.8. The Morgan fingerprint density at radius 2 is 0.922 bits per heavy atom. The van der Waals surface area contributed by atoms with Crippen LogP contribution < -0.4 is 31.4 Å². The number of pyridine rings is 2. The number of hydrogen-bond donors (Lipinski definition) is 5. The van der Waals surface area contributed by atoms with Gasteiger partial charge >= 0.3 is 30.6 Å². The van der Waals surface area contributed by atoms with E-state index < -0.39 is 63.6 Å². The number of amides is 1. The van der Waals surface area contributed by atoms with E-state index in [4.69, 9.17) is 29.8 Å². The molecule has 412 valence electrons. The third kappa shape index (κ3) is 15.6. The number of nitrogens with one attached hydrogen (secondary N) is 3. The fourth-order valence-corrected chi connectivity index (χ4v) is 7.64. The third-order valence-electron chi connectivity index (χ3n) is 11.8. The molecular formula is C56H66N4O17. The maximum absolute atomic E-state index is 13.3. The fourth-order valence-electron chi connectivity index (χ4n) is 7.64. The van der Waals surface area contributed by atoms with E-state index in [1.807, 2.05) is 61.5 Å². The van der Waals surface area contributed by atoms with Gasteiger partial charge in [0.1, 0.15) is 35.8 Å². The van der Waals surface area contributed by atoms with Crippen molar-refractivity contribution in [1.29, 1.82) is 0 Å². The first kappa shape index (κ1) is 60.7. The number of aromatic nitrogens is 2. The summed E-state index contributed by atoms with van der Waals surface area (Å²) in [6.45, 7) is 19.2. The minimum absolute atomic E-state index is 0.0324. The predicted octanol–water partition coefficient (Wildman–Crippen LogP) is 10.3. The molecule has 0 spiro atoms. The number of carboxylic acid groups (broad SMARTS) is 1. The van der Waals surface area contributed by atoms with E-state index in [-0.39, 0.29) is 41.3 Å². The Labute approximate surface area is 444 Å². The van der Waals surface area contributed by atoms with Gasteiger partial charge in [0.15, 0.2) is 0 Å². The van der Waals surface area contributed by atoms with Crippen molar-refractivity contribution in [3.8, 4) is 11.5 Å². The number of methoxy groups -OCH3 is 4. The topological polar surface area (TPSA) is 300 Å².